The standard InChI is InChI=1S/C10H18ClNO2.C2H6/c1-2-9(13)6-4-3-5-7-12-10(14)8-11;1-2/h2-8H2,1H3,(H,12,14);1-2H3. The van der Waals surface area contributed by atoms with Gasteiger partial charge in [0.05, 0.1) is 0 Å². The topological polar surface area (TPSA) is 46.2 Å². The summed E-state index contributed by atoms with van der Waals surface area (Å²) in [5, 5.41) is 2.68. The lowest BCUT2D eigenvalue weighted by molar-refractivity contribution is -0.119. The van der Waals surface area contributed by atoms with Gasteiger partial charge in [0.15, 0.2) is 0 Å². The minimum atomic E-state index is -0.128. The number of carbonyl (C=O) groups is 2. The summed E-state index contributed by atoms with van der Waals surface area (Å²) in [6.07, 6.45) is 4.11. The molecule has 1 N–H and O–H groups in total. The molecule has 1 amide bonds. The van der Waals surface area contributed by atoms with Crippen molar-refractivity contribution < 1.29 is 9.59 Å². The van der Waals surface area contributed by atoms with Gasteiger partial charge in [-0.05, 0) is 12.8 Å². The van der Waals surface area contributed by atoms with Crippen molar-refractivity contribution in [2.24, 2.45) is 0 Å². The highest BCUT2D eigenvalue weighted by molar-refractivity contribution is 6.27. The molecule has 0 rings (SSSR count). The Bertz CT molecular complexity index is 164. The highest BCUT2D eigenvalue weighted by Gasteiger charge is 1.99. The van der Waals surface area contributed by atoms with E-state index in [1.807, 2.05) is 20.8 Å². The quantitative estimate of drug-likeness (QED) is 0.531. The monoisotopic (exact) mass is 249 g/mol. The van der Waals surface area contributed by atoms with E-state index in [-0.39, 0.29) is 11.8 Å². The Kier molecular flexibility index (Phi) is 16.1. The van der Waals surface area contributed by atoms with Crippen molar-refractivity contribution in [3.63, 3.8) is 0 Å². The number of hydrogen-bond donors (Lipinski definition) is 1. The normalized spacial score (nSPS) is 9.00. The fraction of sp³-hybridized carbons (Fsp3) is 0.833. The van der Waals surface area contributed by atoms with Crippen LogP contribution >= 0.6 is 11.6 Å². The minimum Gasteiger partial charge on any atom is -0.355 e. The molecule has 0 saturated heterocycles. The van der Waals surface area contributed by atoms with Crippen molar-refractivity contribution >= 4 is 23.3 Å². The number of nitrogens with one attached hydrogen (secondary N) is 1. The Morgan fingerprint density at radius 3 is 2.25 bits per heavy atom. The van der Waals surface area contributed by atoms with Gasteiger partial charge in [0.2, 0.25) is 5.91 Å². The lowest BCUT2D eigenvalue weighted by atomic mass is 10.1. The molecule has 16 heavy (non-hydrogen) atoms. The molecule has 96 valence electrons. The summed E-state index contributed by atoms with van der Waals surface area (Å²) >= 11 is 5.30. The van der Waals surface area contributed by atoms with E-state index in [4.69, 9.17) is 11.6 Å². The number of alkyl halides is 1. The molecule has 0 saturated carbocycles. The second-order valence-electron chi connectivity index (χ2n) is 3.19. The van der Waals surface area contributed by atoms with E-state index in [0.717, 1.165) is 19.3 Å². The molecule has 0 bridgehead atoms. The molecule has 0 spiro atoms. The lowest BCUT2D eigenvalue weighted by Crippen LogP contribution is -2.25. The van der Waals surface area contributed by atoms with Crippen molar-refractivity contribution in [3.05, 3.63) is 0 Å². The van der Waals surface area contributed by atoms with Crippen LogP contribution in [-0.2, 0) is 9.59 Å². The molecule has 0 aliphatic rings. The van der Waals surface area contributed by atoms with Crippen LogP contribution in [0.4, 0.5) is 0 Å². The van der Waals surface area contributed by atoms with Crippen molar-refractivity contribution in [3.8, 4) is 0 Å². The molecule has 3 nitrogen and oxygen atoms in total. The zero-order valence-corrected chi connectivity index (χ0v) is 11.4. The number of Topliss-reactive ketones (excluding diaryl/α,β-unsaturated/α-hetero) is 1. The maximum Gasteiger partial charge on any atom is 0.234 e. The van der Waals surface area contributed by atoms with Gasteiger partial charge in [-0.3, -0.25) is 9.59 Å². The van der Waals surface area contributed by atoms with Crippen LogP contribution in [0.5, 0.6) is 0 Å². The van der Waals surface area contributed by atoms with Gasteiger partial charge in [-0.25, -0.2) is 0 Å². The van der Waals surface area contributed by atoms with Crippen LogP contribution in [0, 0.1) is 0 Å². The summed E-state index contributed by atoms with van der Waals surface area (Å²) < 4.78 is 0. The smallest absolute Gasteiger partial charge is 0.234 e. The third kappa shape index (κ3) is 13.4. The summed E-state index contributed by atoms with van der Waals surface area (Å²) in [5.74, 6) is 0.208. The number of ketones is 1. The fourth-order valence-corrected chi connectivity index (χ4v) is 1.17. The van der Waals surface area contributed by atoms with E-state index >= 15 is 0 Å². The van der Waals surface area contributed by atoms with Crippen LogP contribution < -0.4 is 5.32 Å². The SMILES string of the molecule is CC.CCC(=O)CCCCCNC(=O)CCl. The first-order valence-electron chi connectivity index (χ1n) is 6.05. The maximum atomic E-state index is 10.9. The molecular formula is C12H24ClNO2. The van der Waals surface area contributed by atoms with Crippen molar-refractivity contribution in [1.82, 2.24) is 5.32 Å². The van der Waals surface area contributed by atoms with Crippen LogP contribution in [0.2, 0.25) is 0 Å². The summed E-state index contributed by atoms with van der Waals surface area (Å²) in [7, 11) is 0. The number of hydrogen-bond acceptors (Lipinski definition) is 2. The summed E-state index contributed by atoms with van der Waals surface area (Å²) in [5.41, 5.74) is 0. The van der Waals surface area contributed by atoms with Gasteiger partial charge in [-0.2, -0.15) is 0 Å². The Hall–Kier alpha value is -0.570. The largest absolute Gasteiger partial charge is 0.355 e. The van der Waals surface area contributed by atoms with E-state index < -0.39 is 0 Å². The highest BCUT2D eigenvalue weighted by Crippen LogP contribution is 2.01. The van der Waals surface area contributed by atoms with Crippen LogP contribution in [0.3, 0.4) is 0 Å². The van der Waals surface area contributed by atoms with Crippen molar-refractivity contribution in [2.75, 3.05) is 12.4 Å². The third-order valence-corrected chi connectivity index (χ3v) is 2.21. The third-order valence-electron chi connectivity index (χ3n) is 1.97. The number of rotatable bonds is 8. The van der Waals surface area contributed by atoms with Gasteiger partial charge < -0.3 is 5.32 Å². The van der Waals surface area contributed by atoms with E-state index in [1.54, 1.807) is 0 Å². The molecular weight excluding hydrogens is 226 g/mol. The molecule has 0 aliphatic carbocycles. The fourth-order valence-electron chi connectivity index (χ4n) is 1.08. The molecule has 0 heterocycles. The summed E-state index contributed by atoms with van der Waals surface area (Å²) in [4.78, 5) is 21.6. The highest BCUT2D eigenvalue weighted by atomic mass is 35.5. The van der Waals surface area contributed by atoms with Gasteiger partial charge in [0.25, 0.3) is 0 Å². The van der Waals surface area contributed by atoms with E-state index in [0.29, 0.717) is 25.2 Å². The predicted molar refractivity (Wildman–Crippen MR) is 68.8 cm³/mol. The maximum absolute atomic E-state index is 10.9. The average Bonchev–Trinajstić information content (AvgIpc) is 2.35. The minimum absolute atomic E-state index is 0.0221. The van der Waals surface area contributed by atoms with E-state index in [1.165, 1.54) is 0 Å². The van der Waals surface area contributed by atoms with Crippen molar-refractivity contribution in [2.45, 2.75) is 52.9 Å². The first-order valence-corrected chi connectivity index (χ1v) is 6.58. The second-order valence-corrected chi connectivity index (χ2v) is 3.45. The molecule has 0 aromatic heterocycles. The Morgan fingerprint density at radius 2 is 1.75 bits per heavy atom. The molecule has 0 aliphatic heterocycles. The van der Waals surface area contributed by atoms with Crippen LogP contribution in [0.15, 0.2) is 0 Å². The van der Waals surface area contributed by atoms with Crippen LogP contribution in [-0.4, -0.2) is 24.1 Å². The first kappa shape index (κ1) is 17.8. The van der Waals surface area contributed by atoms with Gasteiger partial charge in [0.1, 0.15) is 11.7 Å². The number of halogens is 1. The zero-order valence-electron chi connectivity index (χ0n) is 10.6. The van der Waals surface area contributed by atoms with Crippen molar-refractivity contribution in [1.29, 1.82) is 0 Å². The molecule has 0 atom stereocenters. The Labute approximate surface area is 104 Å². The number of unbranched alkanes of at least 4 members (excludes halogenated alkanes) is 2. The predicted octanol–water partition coefficient (Wildman–Crippen LogP) is 2.91. The molecule has 0 unspecified atom stereocenters. The van der Waals surface area contributed by atoms with Gasteiger partial charge in [-0.1, -0.05) is 27.2 Å². The van der Waals surface area contributed by atoms with Crippen LogP contribution in [0.1, 0.15) is 52.9 Å². The molecule has 4 heteroatoms. The summed E-state index contributed by atoms with van der Waals surface area (Å²) in [6, 6.07) is 0. The number of carbonyl (C=O) groups excluding carboxylic acids is 2. The molecule has 0 radical (unpaired) electrons. The van der Waals surface area contributed by atoms with Crippen LogP contribution in [0.25, 0.3) is 0 Å². The van der Waals surface area contributed by atoms with Gasteiger partial charge >= 0.3 is 0 Å². The van der Waals surface area contributed by atoms with E-state index in [9.17, 15) is 9.59 Å². The Balaban J connectivity index is 0. The van der Waals surface area contributed by atoms with Gasteiger partial charge in [-0.15, -0.1) is 11.6 Å². The zero-order chi connectivity index (χ0) is 12.8. The summed E-state index contributed by atoms with van der Waals surface area (Å²) in [6.45, 7) is 6.54. The number of amides is 1. The lowest BCUT2D eigenvalue weighted by Gasteiger charge is -2.02. The van der Waals surface area contributed by atoms with E-state index in [2.05, 4.69) is 5.32 Å². The second kappa shape index (κ2) is 14.4. The molecule has 0 aromatic carbocycles. The molecule has 0 fully saturated rings. The first-order chi connectivity index (χ1) is 7.70. The Morgan fingerprint density at radius 1 is 1.12 bits per heavy atom. The van der Waals surface area contributed by atoms with Gasteiger partial charge in [0, 0.05) is 19.4 Å². The average molecular weight is 250 g/mol. The molecule has 0 aromatic rings.